The van der Waals surface area contributed by atoms with Crippen molar-refractivity contribution in [3.63, 3.8) is 0 Å². The number of unbranched alkanes of at least 4 members (excludes halogenated alkanes) is 2. The van der Waals surface area contributed by atoms with Gasteiger partial charge in [0, 0.05) is 6.42 Å². The van der Waals surface area contributed by atoms with Gasteiger partial charge in [-0.25, -0.2) is 4.79 Å². The van der Waals surface area contributed by atoms with E-state index in [4.69, 9.17) is 22.3 Å². The molecule has 0 unspecified atom stereocenters. The van der Waals surface area contributed by atoms with Crippen LogP contribution in [0.25, 0.3) is 0 Å². The summed E-state index contributed by atoms with van der Waals surface area (Å²) in [5.41, 5.74) is 17.5. The number of carbonyl (C=O) groups excluding carboxylic acids is 14. The Morgan fingerprint density at radius 3 is 1.20 bits per heavy atom. The standard InChI is InChI=1S/C72H121N17O22/c1-14-39(10)57(87-63(101)45(24-18-20-26-73)81-68(106)55(37(6)7)85-71(109)59(42(13)91)89-66(104)48(29-36(4)5)83-61(99)44(75)31-53(94)95)67(105)77-34-52(93)80-50(32-54(96)97)65(103)84-49(30-43-22-16-15-17-23-43)62(100)76-33-51(92)79-47(28-35(2)3)64(102)78-40(11)60(98)88-58(41(12)90)70(108)86-56(38(8)9)69(107)82-46(72(110)111)25-19-21-27-74/h15-17,22-23,35-42,44-50,55-59,90-91H,14,18-21,24-34,73-75H2,1-13H3,(H,76,100)(H,77,105)(H,78,102)(H,79,92)(H,80,93)(H,81,106)(H,82,107)(H,83,99)(H,84,103)(H,85,109)(H,86,108)(H,87,101)(H,88,98)(H,89,104)(H,94,95)(H,96,97)(H,110,111)/t39-,40-,41+,42+,44-,45-,46-,47-,48-,49-,50-,55-,56-,57-,58-,59-/m0/s1. The SMILES string of the molecule is CC[C@H](C)[C@H](NC(=O)[C@H](CCCCN)NC(=O)[C@@H](NC(=O)[C@@H](NC(=O)[C@H](CC(C)C)NC(=O)[C@@H](N)CC(=O)O)[C@@H](C)O)C(C)C)C(=O)NCC(=O)N[C@@H](CC(=O)O)C(=O)N[C@@H](Cc1ccccc1)C(=O)NCC(=O)N[C@@H](CC(C)C)C(=O)N[C@@H](C)C(=O)N[C@H](C(=O)N[C@H](C(=O)N[C@@H](CCCCN)C(=O)O)C(C)C)[C@@H](C)O. The van der Waals surface area contributed by atoms with Crippen LogP contribution in [-0.4, -0.2) is 243 Å². The summed E-state index contributed by atoms with van der Waals surface area (Å²) < 4.78 is 0. The van der Waals surface area contributed by atoms with E-state index >= 15 is 0 Å². The third-order valence-corrected chi connectivity index (χ3v) is 17.5. The molecule has 0 aliphatic heterocycles. The summed E-state index contributed by atoms with van der Waals surface area (Å²) in [5, 5.41) is 84.2. The Hall–Kier alpha value is -9.99. The lowest BCUT2D eigenvalue weighted by Crippen LogP contribution is -2.62. The van der Waals surface area contributed by atoms with Gasteiger partial charge >= 0.3 is 17.9 Å². The number of carboxylic acid groups (broad SMARTS) is 3. The highest BCUT2D eigenvalue weighted by molar-refractivity contribution is 6.00. The van der Waals surface area contributed by atoms with Gasteiger partial charge in [-0.1, -0.05) is 106 Å². The van der Waals surface area contributed by atoms with Crippen LogP contribution < -0.4 is 91.6 Å². The summed E-state index contributed by atoms with van der Waals surface area (Å²) in [5.74, 6) is -20.5. The Kier molecular flexibility index (Phi) is 45.3. The second-order valence-corrected chi connectivity index (χ2v) is 29.1. The van der Waals surface area contributed by atoms with Crippen LogP contribution in [0.2, 0.25) is 0 Å². The molecule has 0 saturated heterocycles. The van der Waals surface area contributed by atoms with E-state index in [0.717, 1.165) is 0 Å². The first-order valence-corrected chi connectivity index (χ1v) is 37.3. The Bertz CT molecular complexity index is 3290. The van der Waals surface area contributed by atoms with E-state index in [-0.39, 0.29) is 63.3 Å². The number of hydrogen-bond donors (Lipinski definition) is 22. The molecule has 0 spiro atoms. The molecule has 0 aliphatic rings. The number of nitrogens with one attached hydrogen (secondary N) is 14. The number of amides is 14. The average Bonchev–Trinajstić information content (AvgIpc) is 0.850. The monoisotopic (exact) mass is 1580 g/mol. The molecule has 626 valence electrons. The quantitative estimate of drug-likeness (QED) is 0.0272. The minimum Gasteiger partial charge on any atom is -0.481 e. The van der Waals surface area contributed by atoms with Gasteiger partial charge in [0.15, 0.2) is 0 Å². The Morgan fingerprint density at radius 2 is 0.757 bits per heavy atom. The fourth-order valence-electron chi connectivity index (χ4n) is 11.0. The minimum atomic E-state index is -1.91. The summed E-state index contributed by atoms with van der Waals surface area (Å²) in [7, 11) is 0. The minimum absolute atomic E-state index is 0.0000127. The molecule has 0 aliphatic carbocycles. The average molecular weight is 1580 g/mol. The number of aliphatic hydroxyl groups is 2. The van der Waals surface area contributed by atoms with Gasteiger partial charge in [-0.3, -0.25) is 76.7 Å². The van der Waals surface area contributed by atoms with Crippen molar-refractivity contribution in [3.8, 4) is 0 Å². The predicted molar refractivity (Wildman–Crippen MR) is 402 cm³/mol. The maximum Gasteiger partial charge on any atom is 0.326 e. The molecule has 0 bridgehead atoms. The molecule has 14 amide bonds. The van der Waals surface area contributed by atoms with Gasteiger partial charge in [-0.2, -0.15) is 0 Å². The summed E-state index contributed by atoms with van der Waals surface area (Å²) in [4.78, 5) is 228. The van der Waals surface area contributed by atoms with Crippen molar-refractivity contribution in [2.24, 2.45) is 46.8 Å². The molecule has 1 rings (SSSR count). The second-order valence-electron chi connectivity index (χ2n) is 29.1. The van der Waals surface area contributed by atoms with Crippen molar-refractivity contribution in [1.82, 2.24) is 74.4 Å². The van der Waals surface area contributed by atoms with Crippen LogP contribution in [0.1, 0.15) is 166 Å². The van der Waals surface area contributed by atoms with Crippen molar-refractivity contribution < 1.29 is 107 Å². The maximum atomic E-state index is 14.3. The first-order chi connectivity index (χ1) is 51.9. The molecule has 25 N–H and O–H groups in total. The predicted octanol–water partition coefficient (Wildman–Crippen LogP) is -4.87. The molecule has 1 aromatic rings. The Labute approximate surface area is 646 Å². The van der Waals surface area contributed by atoms with Gasteiger partial charge in [0.05, 0.1) is 44.2 Å². The van der Waals surface area contributed by atoms with Crippen LogP contribution in [0.5, 0.6) is 0 Å². The zero-order valence-electron chi connectivity index (χ0n) is 65.7. The smallest absolute Gasteiger partial charge is 0.326 e. The number of carbonyl (C=O) groups is 17. The lowest BCUT2D eigenvalue weighted by molar-refractivity contribution is -0.143. The number of nitrogens with two attached hydrogens (primary N) is 3. The van der Waals surface area contributed by atoms with E-state index in [1.165, 1.54) is 20.8 Å². The lowest BCUT2D eigenvalue weighted by atomic mass is 9.97. The number of aliphatic carboxylic acids is 3. The zero-order valence-corrected chi connectivity index (χ0v) is 65.7. The molecule has 0 saturated carbocycles. The zero-order chi connectivity index (χ0) is 84.7. The number of rotatable bonds is 53. The van der Waals surface area contributed by atoms with Crippen LogP contribution in [-0.2, 0) is 87.9 Å². The van der Waals surface area contributed by atoms with E-state index in [2.05, 4.69) is 74.4 Å². The van der Waals surface area contributed by atoms with Crippen LogP contribution in [0.15, 0.2) is 30.3 Å². The van der Waals surface area contributed by atoms with Gasteiger partial charge in [-0.05, 0) is 120 Å². The third kappa shape index (κ3) is 37.5. The van der Waals surface area contributed by atoms with E-state index in [1.807, 2.05) is 0 Å². The molecule has 111 heavy (non-hydrogen) atoms. The first-order valence-electron chi connectivity index (χ1n) is 37.3. The molecule has 16 atom stereocenters. The van der Waals surface area contributed by atoms with Crippen LogP contribution in [0, 0.1) is 29.6 Å². The Balaban J connectivity index is 3.36. The molecular weight excluding hydrogens is 1450 g/mol. The fourth-order valence-corrected chi connectivity index (χ4v) is 11.0. The van der Waals surface area contributed by atoms with Crippen molar-refractivity contribution >= 4 is 101 Å². The topological polar surface area (TPSA) is 638 Å². The van der Waals surface area contributed by atoms with Crippen LogP contribution >= 0.6 is 0 Å². The highest BCUT2D eigenvalue weighted by Crippen LogP contribution is 2.15. The molecule has 39 nitrogen and oxygen atoms in total. The molecule has 1 aromatic carbocycles. The van der Waals surface area contributed by atoms with E-state index in [0.29, 0.717) is 31.4 Å². The van der Waals surface area contributed by atoms with Gasteiger partial charge < -0.3 is 117 Å². The maximum absolute atomic E-state index is 14.3. The van der Waals surface area contributed by atoms with Crippen LogP contribution in [0.3, 0.4) is 0 Å². The summed E-state index contributed by atoms with van der Waals surface area (Å²) in [6, 6.07) is -11.4. The number of hydrogen-bond acceptors (Lipinski definition) is 22. The van der Waals surface area contributed by atoms with Crippen molar-refractivity contribution in [1.29, 1.82) is 0 Å². The summed E-state index contributed by atoms with van der Waals surface area (Å²) >= 11 is 0. The van der Waals surface area contributed by atoms with Crippen molar-refractivity contribution in [3.05, 3.63) is 35.9 Å². The molecule has 0 radical (unpaired) electrons. The van der Waals surface area contributed by atoms with Gasteiger partial charge in [0.25, 0.3) is 0 Å². The van der Waals surface area contributed by atoms with Gasteiger partial charge in [-0.15, -0.1) is 0 Å². The molecule has 39 heteroatoms. The third-order valence-electron chi connectivity index (χ3n) is 17.5. The number of aliphatic hydroxyl groups excluding tert-OH is 2. The summed E-state index contributed by atoms with van der Waals surface area (Å²) in [6.45, 7) is 18.7. The van der Waals surface area contributed by atoms with E-state index < -0.39 is 235 Å². The van der Waals surface area contributed by atoms with E-state index in [9.17, 15) is 102 Å². The fraction of sp³-hybridized carbons (Fsp3) is 0.681. The highest BCUT2D eigenvalue weighted by atomic mass is 16.4. The number of benzene rings is 1. The molecule has 0 fully saturated rings. The molecular formula is C72H121N17O22. The van der Waals surface area contributed by atoms with E-state index in [1.54, 1.807) is 99.6 Å². The van der Waals surface area contributed by atoms with Crippen molar-refractivity contribution in [2.75, 3.05) is 26.2 Å². The van der Waals surface area contributed by atoms with Gasteiger partial charge in [0.2, 0.25) is 82.7 Å². The Morgan fingerprint density at radius 1 is 0.378 bits per heavy atom. The molecule has 0 heterocycles. The normalized spacial score (nSPS) is 15.6. The van der Waals surface area contributed by atoms with Gasteiger partial charge in [0.1, 0.15) is 72.5 Å². The van der Waals surface area contributed by atoms with Crippen LogP contribution in [0.4, 0.5) is 0 Å². The largest absolute Gasteiger partial charge is 0.481 e. The lowest BCUT2D eigenvalue weighted by Gasteiger charge is -2.30. The first kappa shape index (κ1) is 99.0. The highest BCUT2D eigenvalue weighted by Gasteiger charge is 2.39. The number of carboxylic acids is 3. The summed E-state index contributed by atoms with van der Waals surface area (Å²) in [6.07, 6.45) is -3.48. The van der Waals surface area contributed by atoms with Crippen molar-refractivity contribution in [2.45, 2.75) is 258 Å². The second kappa shape index (κ2) is 50.7. The molecule has 0 aromatic heterocycles.